The summed E-state index contributed by atoms with van der Waals surface area (Å²) in [5, 5.41) is 11.6. The Kier molecular flexibility index (Phi) is 4.70. The van der Waals surface area contributed by atoms with Crippen molar-refractivity contribution in [1.29, 1.82) is 0 Å². The normalized spacial score (nSPS) is 10.3. The van der Waals surface area contributed by atoms with E-state index in [1.165, 1.54) is 4.90 Å². The van der Waals surface area contributed by atoms with Gasteiger partial charge in [0.1, 0.15) is 5.69 Å². The molecule has 0 saturated heterocycles. The predicted molar refractivity (Wildman–Crippen MR) is 89.1 cm³/mol. The van der Waals surface area contributed by atoms with Gasteiger partial charge in [-0.3, -0.25) is 4.79 Å². The number of nitrogens with zero attached hydrogens (tertiary/aromatic N) is 3. The van der Waals surface area contributed by atoms with Crippen LogP contribution in [0.2, 0.25) is 0 Å². The van der Waals surface area contributed by atoms with Crippen LogP contribution in [0.1, 0.15) is 10.4 Å². The van der Waals surface area contributed by atoms with Gasteiger partial charge in [0.2, 0.25) is 0 Å². The molecule has 0 aliphatic heterocycles. The lowest BCUT2D eigenvalue weighted by molar-refractivity contribution is -0.388. The van der Waals surface area contributed by atoms with Crippen LogP contribution < -0.4 is 5.73 Å². The summed E-state index contributed by atoms with van der Waals surface area (Å²) in [5.74, 6) is -0.951. The summed E-state index contributed by atoms with van der Waals surface area (Å²) in [4.78, 5) is 28.7. The van der Waals surface area contributed by atoms with Crippen molar-refractivity contribution in [2.24, 2.45) is 0 Å². The Bertz CT molecular complexity index is 791. The van der Waals surface area contributed by atoms with Gasteiger partial charge in [-0.25, -0.2) is 0 Å². The number of carbonyl (C=O) groups is 1. The minimum atomic E-state index is -0.691. The Morgan fingerprint density at radius 3 is 2.48 bits per heavy atom. The van der Waals surface area contributed by atoms with Crippen LogP contribution in [0.4, 0.5) is 11.5 Å². The number of para-hydroxylation sites is 1. The van der Waals surface area contributed by atoms with Crippen molar-refractivity contribution in [3.8, 4) is 0 Å². The van der Waals surface area contributed by atoms with Crippen molar-refractivity contribution in [3.05, 3.63) is 65.3 Å². The van der Waals surface area contributed by atoms with Crippen LogP contribution in [0, 0.1) is 10.1 Å². The third kappa shape index (κ3) is 3.03. The lowest BCUT2D eigenvalue weighted by Crippen LogP contribution is -2.32. The lowest BCUT2D eigenvalue weighted by atomic mass is 10.1. The quantitative estimate of drug-likeness (QED) is 0.501. The van der Waals surface area contributed by atoms with Gasteiger partial charge < -0.3 is 20.7 Å². The molecule has 0 saturated carbocycles. The highest BCUT2D eigenvalue weighted by molar-refractivity contribution is 6.11. The van der Waals surface area contributed by atoms with Crippen molar-refractivity contribution in [2.75, 3.05) is 18.8 Å². The number of aromatic nitrogens is 1. The summed E-state index contributed by atoms with van der Waals surface area (Å²) in [6.07, 6.45) is 3.13. The summed E-state index contributed by atoms with van der Waals surface area (Å²) in [6, 6.07) is 6.67. The number of benzene rings is 1. The molecule has 1 amide bonds. The van der Waals surface area contributed by atoms with Gasteiger partial charge in [0.05, 0.1) is 5.56 Å². The van der Waals surface area contributed by atoms with E-state index in [-0.39, 0.29) is 24.3 Å². The molecule has 7 nitrogen and oxygen atoms in total. The van der Waals surface area contributed by atoms with Gasteiger partial charge >= 0.3 is 5.82 Å². The summed E-state index contributed by atoms with van der Waals surface area (Å²) in [6.45, 7) is 7.76. The van der Waals surface area contributed by atoms with Gasteiger partial charge in [-0.05, 0) is 22.0 Å². The molecular formula is C16H16N4O3. The van der Waals surface area contributed by atoms with Gasteiger partial charge in [0.15, 0.2) is 5.52 Å². The predicted octanol–water partition coefficient (Wildman–Crippen LogP) is 2.54. The Morgan fingerprint density at radius 2 is 1.91 bits per heavy atom. The van der Waals surface area contributed by atoms with E-state index in [1.54, 1.807) is 36.4 Å². The molecule has 23 heavy (non-hydrogen) atoms. The first kappa shape index (κ1) is 16.2. The molecular weight excluding hydrogens is 296 g/mol. The molecule has 0 aliphatic rings. The van der Waals surface area contributed by atoms with Crippen molar-refractivity contribution >= 4 is 28.3 Å². The maximum Gasteiger partial charge on any atom is 0.388 e. The molecule has 2 aromatic rings. The topological polar surface area (TPSA) is 102 Å². The standard InChI is InChI=1S/C16H16N4O3/c1-3-9-19(10-4-2)16(21)13-11-7-5-6-8-12(11)18-15(14(13)17)20(22)23/h3-8H,1-2,9-10,17H2. The summed E-state index contributed by atoms with van der Waals surface area (Å²) in [7, 11) is 0. The highest BCUT2D eigenvalue weighted by Gasteiger charge is 2.27. The fourth-order valence-electron chi connectivity index (χ4n) is 2.29. The number of rotatable bonds is 6. The fourth-order valence-corrected chi connectivity index (χ4v) is 2.29. The van der Waals surface area contributed by atoms with E-state index in [0.29, 0.717) is 10.9 Å². The van der Waals surface area contributed by atoms with Crippen LogP contribution in [0.15, 0.2) is 49.6 Å². The number of hydrogen-bond acceptors (Lipinski definition) is 5. The van der Waals surface area contributed by atoms with Crippen molar-refractivity contribution in [2.45, 2.75) is 0 Å². The first-order chi connectivity index (χ1) is 11.0. The van der Waals surface area contributed by atoms with Crippen LogP contribution in [0.5, 0.6) is 0 Å². The molecule has 2 N–H and O–H groups in total. The van der Waals surface area contributed by atoms with E-state index in [4.69, 9.17) is 5.73 Å². The highest BCUT2D eigenvalue weighted by Crippen LogP contribution is 2.31. The van der Waals surface area contributed by atoms with Crippen LogP contribution in [-0.4, -0.2) is 33.8 Å². The molecule has 7 heteroatoms. The molecule has 1 heterocycles. The number of nitrogens with two attached hydrogens (primary N) is 1. The van der Waals surface area contributed by atoms with E-state index in [9.17, 15) is 14.9 Å². The number of pyridine rings is 1. The van der Waals surface area contributed by atoms with Gasteiger partial charge in [-0.1, -0.05) is 24.3 Å². The maximum atomic E-state index is 12.8. The number of fused-ring (bicyclic) bond motifs is 1. The Morgan fingerprint density at radius 1 is 1.30 bits per heavy atom. The average Bonchev–Trinajstić information content (AvgIpc) is 2.53. The maximum absolute atomic E-state index is 12.8. The van der Waals surface area contributed by atoms with E-state index in [2.05, 4.69) is 18.1 Å². The molecule has 0 unspecified atom stereocenters. The van der Waals surface area contributed by atoms with Crippen LogP contribution in [-0.2, 0) is 0 Å². The Balaban J connectivity index is 2.72. The first-order valence-electron chi connectivity index (χ1n) is 6.85. The number of nitrogen functional groups attached to an aromatic ring is 1. The largest absolute Gasteiger partial charge is 0.391 e. The fraction of sp³-hybridized carbons (Fsp3) is 0.125. The highest BCUT2D eigenvalue weighted by atomic mass is 16.6. The van der Waals surface area contributed by atoms with E-state index < -0.39 is 16.6 Å². The van der Waals surface area contributed by atoms with Crippen molar-refractivity contribution in [3.63, 3.8) is 0 Å². The zero-order chi connectivity index (χ0) is 17.0. The van der Waals surface area contributed by atoms with Crippen LogP contribution in [0.25, 0.3) is 10.9 Å². The number of amides is 1. The minimum absolute atomic E-state index is 0.0750. The molecule has 1 aromatic heterocycles. The summed E-state index contributed by atoms with van der Waals surface area (Å²) in [5.41, 5.74) is 6.06. The van der Waals surface area contributed by atoms with Gasteiger partial charge in [0, 0.05) is 18.5 Å². The first-order valence-corrected chi connectivity index (χ1v) is 6.85. The van der Waals surface area contributed by atoms with Crippen molar-refractivity contribution in [1.82, 2.24) is 9.88 Å². The zero-order valence-electron chi connectivity index (χ0n) is 12.4. The SMILES string of the molecule is C=CCN(CC=C)C(=O)c1c(N)c([N+](=O)[O-])nc2ccccc12. The molecule has 2 rings (SSSR count). The molecule has 0 radical (unpaired) electrons. The molecule has 118 valence electrons. The van der Waals surface area contributed by atoms with E-state index >= 15 is 0 Å². The van der Waals surface area contributed by atoms with Gasteiger partial charge in [-0.2, -0.15) is 0 Å². The second kappa shape index (κ2) is 6.69. The summed E-state index contributed by atoms with van der Waals surface area (Å²) >= 11 is 0. The molecule has 0 atom stereocenters. The molecule has 0 fully saturated rings. The molecule has 1 aromatic carbocycles. The molecule has 0 bridgehead atoms. The molecule has 0 aliphatic carbocycles. The van der Waals surface area contributed by atoms with Crippen molar-refractivity contribution < 1.29 is 9.72 Å². The Hall–Kier alpha value is -3.22. The molecule has 0 spiro atoms. The van der Waals surface area contributed by atoms with E-state index in [1.807, 2.05) is 0 Å². The number of carbonyl (C=O) groups excluding carboxylic acids is 1. The smallest absolute Gasteiger partial charge is 0.388 e. The number of hydrogen-bond donors (Lipinski definition) is 1. The average molecular weight is 312 g/mol. The number of anilines is 1. The van der Waals surface area contributed by atoms with Gasteiger partial charge in [-0.15, -0.1) is 13.2 Å². The van der Waals surface area contributed by atoms with Crippen LogP contribution >= 0.6 is 0 Å². The lowest BCUT2D eigenvalue weighted by Gasteiger charge is -2.20. The Labute approximate surface area is 132 Å². The third-order valence-corrected chi connectivity index (χ3v) is 3.28. The summed E-state index contributed by atoms with van der Waals surface area (Å²) < 4.78 is 0. The second-order valence-corrected chi connectivity index (χ2v) is 4.79. The zero-order valence-corrected chi connectivity index (χ0v) is 12.4. The second-order valence-electron chi connectivity index (χ2n) is 4.79. The number of nitro groups is 1. The minimum Gasteiger partial charge on any atom is -0.391 e. The van der Waals surface area contributed by atoms with Gasteiger partial charge in [0.25, 0.3) is 5.91 Å². The van der Waals surface area contributed by atoms with Crippen LogP contribution in [0.3, 0.4) is 0 Å². The third-order valence-electron chi connectivity index (χ3n) is 3.28. The van der Waals surface area contributed by atoms with E-state index in [0.717, 1.165) is 0 Å². The monoisotopic (exact) mass is 312 g/mol.